The predicted molar refractivity (Wildman–Crippen MR) is 87.6 cm³/mol. The van der Waals surface area contributed by atoms with Gasteiger partial charge in [-0.2, -0.15) is 0 Å². The molecule has 1 saturated heterocycles. The molecular weight excluding hydrogens is 369 g/mol. The van der Waals surface area contributed by atoms with Crippen LogP contribution in [0.25, 0.3) is 6.08 Å². The SMILES string of the molecule is O=C(/C=C/c1c(F)c(F)c(F)c(F)c1F)c1ccc(N2CCCC2=O)cc1. The van der Waals surface area contributed by atoms with Crippen molar-refractivity contribution in [3.63, 3.8) is 0 Å². The Labute approximate surface area is 150 Å². The molecule has 27 heavy (non-hydrogen) atoms. The molecule has 0 radical (unpaired) electrons. The lowest BCUT2D eigenvalue weighted by atomic mass is 10.1. The van der Waals surface area contributed by atoms with E-state index in [-0.39, 0.29) is 11.5 Å². The molecule has 8 heteroatoms. The van der Waals surface area contributed by atoms with E-state index < -0.39 is 40.4 Å². The lowest BCUT2D eigenvalue weighted by molar-refractivity contribution is -0.117. The van der Waals surface area contributed by atoms with Crippen LogP contribution in [0.5, 0.6) is 0 Å². The third-order valence-corrected chi connectivity index (χ3v) is 4.18. The van der Waals surface area contributed by atoms with Crippen LogP contribution in [0.3, 0.4) is 0 Å². The van der Waals surface area contributed by atoms with Gasteiger partial charge in [-0.3, -0.25) is 9.59 Å². The maximum Gasteiger partial charge on any atom is 0.227 e. The van der Waals surface area contributed by atoms with Gasteiger partial charge in [0.05, 0.1) is 5.56 Å². The van der Waals surface area contributed by atoms with Crippen molar-refractivity contribution >= 4 is 23.5 Å². The Morgan fingerprint density at radius 1 is 0.889 bits per heavy atom. The van der Waals surface area contributed by atoms with Gasteiger partial charge in [-0.1, -0.05) is 0 Å². The number of halogens is 5. The largest absolute Gasteiger partial charge is 0.312 e. The molecule has 0 N–H and O–H groups in total. The quantitative estimate of drug-likeness (QED) is 0.259. The standard InChI is InChI=1S/C19H12F5NO2/c20-15-12(16(21)18(23)19(24)17(15)22)7-8-13(26)10-3-5-11(6-4-10)25-9-1-2-14(25)27/h3-8H,1-2,9H2/b8-7+. The van der Waals surface area contributed by atoms with Crippen molar-refractivity contribution in [3.8, 4) is 0 Å². The van der Waals surface area contributed by atoms with Gasteiger partial charge < -0.3 is 4.90 Å². The van der Waals surface area contributed by atoms with Gasteiger partial charge in [0.25, 0.3) is 0 Å². The average Bonchev–Trinajstić information content (AvgIpc) is 3.10. The van der Waals surface area contributed by atoms with Gasteiger partial charge in [0.15, 0.2) is 29.1 Å². The molecule has 1 heterocycles. The van der Waals surface area contributed by atoms with Crippen molar-refractivity contribution in [1.82, 2.24) is 0 Å². The summed E-state index contributed by atoms with van der Waals surface area (Å²) >= 11 is 0. The van der Waals surface area contributed by atoms with Crippen LogP contribution >= 0.6 is 0 Å². The summed E-state index contributed by atoms with van der Waals surface area (Å²) in [5.74, 6) is -11.2. The van der Waals surface area contributed by atoms with E-state index in [4.69, 9.17) is 0 Å². The van der Waals surface area contributed by atoms with Crippen molar-refractivity contribution < 1.29 is 31.5 Å². The summed E-state index contributed by atoms with van der Waals surface area (Å²) in [7, 11) is 0. The van der Waals surface area contributed by atoms with Crippen LogP contribution in [0.2, 0.25) is 0 Å². The molecule has 0 bridgehead atoms. The molecule has 2 aromatic carbocycles. The molecular formula is C19H12F5NO2. The number of benzene rings is 2. The Morgan fingerprint density at radius 3 is 1.96 bits per heavy atom. The second-order valence-electron chi connectivity index (χ2n) is 5.88. The van der Waals surface area contributed by atoms with E-state index in [1.165, 1.54) is 12.1 Å². The minimum Gasteiger partial charge on any atom is -0.312 e. The number of rotatable bonds is 4. The van der Waals surface area contributed by atoms with Crippen LogP contribution in [-0.2, 0) is 4.79 Å². The van der Waals surface area contributed by atoms with E-state index in [0.717, 1.165) is 6.42 Å². The van der Waals surface area contributed by atoms with Crippen LogP contribution in [0.15, 0.2) is 30.3 Å². The van der Waals surface area contributed by atoms with Gasteiger partial charge in [-0.15, -0.1) is 0 Å². The summed E-state index contributed by atoms with van der Waals surface area (Å²) in [6, 6.07) is 5.91. The number of amides is 1. The van der Waals surface area contributed by atoms with E-state index >= 15 is 0 Å². The van der Waals surface area contributed by atoms with Gasteiger partial charge in [0.2, 0.25) is 11.7 Å². The molecule has 0 aliphatic carbocycles. The fourth-order valence-electron chi connectivity index (χ4n) is 2.75. The molecule has 1 amide bonds. The Kier molecular flexibility index (Phi) is 5.07. The first-order valence-electron chi connectivity index (χ1n) is 7.95. The first kappa shape index (κ1) is 18.8. The maximum absolute atomic E-state index is 13.6. The number of allylic oxidation sites excluding steroid dienone is 1. The summed E-state index contributed by atoms with van der Waals surface area (Å²) in [6.45, 7) is 0.576. The number of anilines is 1. The number of carbonyl (C=O) groups excluding carboxylic acids is 2. The zero-order chi connectivity index (χ0) is 19.7. The minimum absolute atomic E-state index is 0.0275. The smallest absolute Gasteiger partial charge is 0.227 e. The zero-order valence-corrected chi connectivity index (χ0v) is 13.7. The van der Waals surface area contributed by atoms with Crippen LogP contribution in [0.1, 0.15) is 28.8 Å². The molecule has 1 aliphatic heterocycles. The lowest BCUT2D eigenvalue weighted by Crippen LogP contribution is -2.23. The molecule has 0 atom stereocenters. The van der Waals surface area contributed by atoms with Crippen molar-refractivity contribution in [2.24, 2.45) is 0 Å². The van der Waals surface area contributed by atoms with Crippen LogP contribution in [0.4, 0.5) is 27.6 Å². The summed E-state index contributed by atoms with van der Waals surface area (Å²) in [4.78, 5) is 25.4. The van der Waals surface area contributed by atoms with Crippen molar-refractivity contribution in [2.45, 2.75) is 12.8 Å². The van der Waals surface area contributed by atoms with Crippen LogP contribution < -0.4 is 4.90 Å². The molecule has 0 spiro atoms. The van der Waals surface area contributed by atoms with Gasteiger partial charge in [0, 0.05) is 24.2 Å². The zero-order valence-electron chi connectivity index (χ0n) is 13.7. The topological polar surface area (TPSA) is 37.4 Å². The Balaban J connectivity index is 1.83. The molecule has 2 aromatic rings. The van der Waals surface area contributed by atoms with Gasteiger partial charge in [-0.05, 0) is 42.8 Å². The monoisotopic (exact) mass is 381 g/mol. The molecule has 0 aromatic heterocycles. The molecule has 1 aliphatic rings. The summed E-state index contributed by atoms with van der Waals surface area (Å²) in [5, 5.41) is 0. The molecule has 0 saturated carbocycles. The Bertz CT molecular complexity index is 925. The van der Waals surface area contributed by atoms with Crippen molar-refractivity contribution in [3.05, 3.63) is 70.6 Å². The molecule has 140 valence electrons. The average molecular weight is 381 g/mol. The highest BCUT2D eigenvalue weighted by Gasteiger charge is 2.24. The molecule has 3 rings (SSSR count). The van der Waals surface area contributed by atoms with E-state index in [1.807, 2.05) is 0 Å². The second kappa shape index (κ2) is 7.30. The highest BCUT2D eigenvalue weighted by Crippen LogP contribution is 2.25. The van der Waals surface area contributed by atoms with E-state index in [1.54, 1.807) is 17.0 Å². The number of nitrogens with zero attached hydrogens (tertiary/aromatic N) is 1. The summed E-state index contributed by atoms with van der Waals surface area (Å²) in [6.07, 6.45) is 2.44. The molecule has 3 nitrogen and oxygen atoms in total. The van der Waals surface area contributed by atoms with Crippen LogP contribution in [-0.4, -0.2) is 18.2 Å². The van der Waals surface area contributed by atoms with Gasteiger partial charge in [-0.25, -0.2) is 22.0 Å². The Hall–Kier alpha value is -3.03. The summed E-state index contributed by atoms with van der Waals surface area (Å²) < 4.78 is 66.5. The normalized spacial score (nSPS) is 14.4. The lowest BCUT2D eigenvalue weighted by Gasteiger charge is -2.15. The summed E-state index contributed by atoms with van der Waals surface area (Å²) in [5.41, 5.74) is -0.456. The van der Waals surface area contributed by atoms with Crippen LogP contribution in [0, 0.1) is 29.1 Å². The highest BCUT2D eigenvalue weighted by atomic mass is 19.2. The van der Waals surface area contributed by atoms with E-state index in [0.29, 0.717) is 30.8 Å². The van der Waals surface area contributed by atoms with Crippen molar-refractivity contribution in [2.75, 3.05) is 11.4 Å². The molecule has 1 fully saturated rings. The van der Waals surface area contributed by atoms with E-state index in [2.05, 4.69) is 0 Å². The molecule has 0 unspecified atom stereocenters. The number of carbonyl (C=O) groups is 2. The third kappa shape index (κ3) is 3.47. The van der Waals surface area contributed by atoms with Gasteiger partial charge >= 0.3 is 0 Å². The fourth-order valence-corrected chi connectivity index (χ4v) is 2.75. The first-order chi connectivity index (χ1) is 12.8. The first-order valence-corrected chi connectivity index (χ1v) is 7.95. The number of hydrogen-bond donors (Lipinski definition) is 0. The van der Waals surface area contributed by atoms with Crippen molar-refractivity contribution in [1.29, 1.82) is 0 Å². The van der Waals surface area contributed by atoms with E-state index in [9.17, 15) is 31.5 Å². The number of ketones is 1. The fraction of sp³-hybridized carbons (Fsp3) is 0.158. The highest BCUT2D eigenvalue weighted by molar-refractivity contribution is 6.07. The third-order valence-electron chi connectivity index (χ3n) is 4.18. The Morgan fingerprint density at radius 2 is 1.44 bits per heavy atom. The van der Waals surface area contributed by atoms with Gasteiger partial charge in [0.1, 0.15) is 0 Å². The predicted octanol–water partition coefficient (Wildman–Crippen LogP) is 4.41. The maximum atomic E-state index is 13.6. The number of hydrogen-bond acceptors (Lipinski definition) is 2. The minimum atomic E-state index is -2.26. The second-order valence-corrected chi connectivity index (χ2v) is 5.88.